The molecule has 2 amide bonds. The van der Waals surface area contributed by atoms with Crippen molar-refractivity contribution in [1.82, 2.24) is 0 Å². The fourth-order valence-corrected chi connectivity index (χ4v) is 3.15. The first-order valence-corrected chi connectivity index (χ1v) is 9.79. The number of aryl methyl sites for hydroxylation is 1. The van der Waals surface area contributed by atoms with E-state index in [-0.39, 0.29) is 12.2 Å². The molecule has 0 spiro atoms. The lowest BCUT2D eigenvalue weighted by atomic mass is 10.1. The lowest BCUT2D eigenvalue weighted by molar-refractivity contribution is -0.120. The van der Waals surface area contributed by atoms with Crippen LogP contribution in [0.3, 0.4) is 0 Å². The summed E-state index contributed by atoms with van der Waals surface area (Å²) in [5.74, 6) is -0.348. The van der Waals surface area contributed by atoms with Gasteiger partial charge in [0, 0.05) is 5.69 Å². The zero-order valence-electron chi connectivity index (χ0n) is 16.0. The van der Waals surface area contributed by atoms with Crippen LogP contribution in [0.4, 0.5) is 5.69 Å². The Labute approximate surface area is 182 Å². The van der Waals surface area contributed by atoms with E-state index in [1.54, 1.807) is 24.3 Å². The monoisotopic (exact) mass is 505 g/mol. The highest BCUT2D eigenvalue weighted by atomic mass is 127. The summed E-state index contributed by atoms with van der Waals surface area (Å²) in [7, 11) is 0. The number of anilines is 1. The van der Waals surface area contributed by atoms with Crippen LogP contribution in [0.5, 0.6) is 11.5 Å². The molecular formula is C21H20IN3O4. The molecule has 0 aromatic heterocycles. The minimum absolute atomic E-state index is 0.0605. The summed E-state index contributed by atoms with van der Waals surface area (Å²) in [5, 5.41) is 12.1. The van der Waals surface area contributed by atoms with Crippen LogP contribution >= 0.6 is 22.6 Å². The molecule has 150 valence electrons. The van der Waals surface area contributed by atoms with Crippen molar-refractivity contribution >= 4 is 46.2 Å². The van der Waals surface area contributed by atoms with Crippen molar-refractivity contribution in [3.05, 3.63) is 56.7 Å². The van der Waals surface area contributed by atoms with E-state index in [1.807, 2.05) is 54.6 Å². The number of carbonyl (C=O) groups is 2. The molecule has 7 nitrogen and oxygen atoms in total. The van der Waals surface area contributed by atoms with Gasteiger partial charge in [0.05, 0.1) is 10.2 Å². The Morgan fingerprint density at radius 1 is 1.24 bits per heavy atom. The fraction of sp³-hybridized carbons (Fsp3) is 0.190. The second kappa shape index (κ2) is 10.5. The summed E-state index contributed by atoms with van der Waals surface area (Å²) in [6.07, 6.45) is 1.46. The number of hydrogen-bond donors (Lipinski definition) is 2. The van der Waals surface area contributed by atoms with E-state index >= 15 is 0 Å². The van der Waals surface area contributed by atoms with Gasteiger partial charge in [-0.2, -0.15) is 5.26 Å². The number of nitriles is 1. The van der Waals surface area contributed by atoms with Crippen LogP contribution in [-0.4, -0.2) is 25.0 Å². The Balaban J connectivity index is 2.31. The number of benzene rings is 2. The van der Waals surface area contributed by atoms with Gasteiger partial charge in [-0.1, -0.05) is 17.7 Å². The van der Waals surface area contributed by atoms with E-state index in [4.69, 9.17) is 15.2 Å². The Kier molecular flexibility index (Phi) is 8.03. The zero-order chi connectivity index (χ0) is 21.4. The average molecular weight is 505 g/mol. The number of carbonyl (C=O) groups excluding carboxylic acids is 2. The summed E-state index contributed by atoms with van der Waals surface area (Å²) in [4.78, 5) is 23.5. The average Bonchev–Trinajstić information content (AvgIpc) is 2.67. The lowest BCUT2D eigenvalue weighted by Gasteiger charge is -2.14. The smallest absolute Gasteiger partial charge is 0.266 e. The molecule has 2 aromatic carbocycles. The van der Waals surface area contributed by atoms with Crippen molar-refractivity contribution in [3.8, 4) is 17.6 Å². The number of ether oxygens (including phenoxy) is 2. The molecule has 29 heavy (non-hydrogen) atoms. The number of nitrogens with two attached hydrogens (primary N) is 1. The predicted molar refractivity (Wildman–Crippen MR) is 118 cm³/mol. The Morgan fingerprint density at radius 3 is 2.52 bits per heavy atom. The van der Waals surface area contributed by atoms with Crippen LogP contribution in [-0.2, 0) is 9.59 Å². The van der Waals surface area contributed by atoms with Gasteiger partial charge in [0.1, 0.15) is 11.6 Å². The number of nitrogens with zero attached hydrogens (tertiary/aromatic N) is 1. The third kappa shape index (κ3) is 6.50. The molecule has 0 aliphatic rings. The quantitative estimate of drug-likeness (QED) is 0.324. The van der Waals surface area contributed by atoms with E-state index in [1.165, 1.54) is 6.08 Å². The normalized spacial score (nSPS) is 10.8. The molecule has 0 saturated heterocycles. The largest absolute Gasteiger partial charge is 0.490 e. The first kappa shape index (κ1) is 22.2. The van der Waals surface area contributed by atoms with Crippen LogP contribution in [0.1, 0.15) is 18.1 Å². The van der Waals surface area contributed by atoms with Gasteiger partial charge in [-0.3, -0.25) is 9.59 Å². The molecule has 0 bridgehead atoms. The Bertz CT molecular complexity index is 979. The lowest BCUT2D eigenvalue weighted by Crippen LogP contribution is -2.20. The van der Waals surface area contributed by atoms with E-state index < -0.39 is 11.8 Å². The SMILES string of the molecule is CCOc1cc(/C=C(\C#N)C(=O)Nc2ccc(C)cc2)cc(I)c1OCC(N)=O. The summed E-state index contributed by atoms with van der Waals surface area (Å²) in [5.41, 5.74) is 7.32. The third-order valence-electron chi connectivity index (χ3n) is 3.68. The Hall–Kier alpha value is -3.06. The van der Waals surface area contributed by atoms with E-state index in [0.717, 1.165) is 5.56 Å². The maximum atomic E-state index is 12.5. The van der Waals surface area contributed by atoms with Crippen LogP contribution in [0, 0.1) is 21.8 Å². The third-order valence-corrected chi connectivity index (χ3v) is 4.48. The van der Waals surface area contributed by atoms with E-state index in [0.29, 0.717) is 32.9 Å². The molecule has 3 N–H and O–H groups in total. The summed E-state index contributed by atoms with van der Waals surface area (Å²) < 4.78 is 11.7. The molecule has 0 heterocycles. The molecule has 0 atom stereocenters. The number of amides is 2. The number of halogens is 1. The highest BCUT2D eigenvalue weighted by Gasteiger charge is 2.15. The van der Waals surface area contributed by atoms with Gasteiger partial charge in [0.2, 0.25) is 0 Å². The van der Waals surface area contributed by atoms with Crippen LogP contribution < -0.4 is 20.5 Å². The summed E-state index contributed by atoms with van der Waals surface area (Å²) in [6, 6.07) is 12.5. The number of primary amides is 1. The highest BCUT2D eigenvalue weighted by Crippen LogP contribution is 2.35. The first-order chi connectivity index (χ1) is 13.8. The van der Waals surface area contributed by atoms with Gasteiger partial charge in [-0.15, -0.1) is 0 Å². The second-order valence-electron chi connectivity index (χ2n) is 6.01. The molecule has 0 aliphatic heterocycles. The van der Waals surface area contributed by atoms with Gasteiger partial charge >= 0.3 is 0 Å². The highest BCUT2D eigenvalue weighted by molar-refractivity contribution is 14.1. The molecule has 2 aromatic rings. The van der Waals surface area contributed by atoms with Crippen molar-refractivity contribution < 1.29 is 19.1 Å². The molecule has 0 aliphatic carbocycles. The van der Waals surface area contributed by atoms with Crippen LogP contribution in [0.2, 0.25) is 0 Å². The molecule has 2 rings (SSSR count). The molecule has 0 unspecified atom stereocenters. The molecule has 0 fully saturated rings. The van der Waals surface area contributed by atoms with Crippen molar-refractivity contribution in [3.63, 3.8) is 0 Å². The first-order valence-electron chi connectivity index (χ1n) is 8.71. The van der Waals surface area contributed by atoms with Gasteiger partial charge < -0.3 is 20.5 Å². The minimum atomic E-state index is -0.605. The maximum Gasteiger partial charge on any atom is 0.266 e. The number of rotatable bonds is 8. The van der Waals surface area contributed by atoms with Crippen molar-refractivity contribution in [2.45, 2.75) is 13.8 Å². The Morgan fingerprint density at radius 2 is 1.93 bits per heavy atom. The van der Waals surface area contributed by atoms with Gasteiger partial charge in [-0.25, -0.2) is 0 Å². The number of hydrogen-bond acceptors (Lipinski definition) is 5. The maximum absolute atomic E-state index is 12.5. The molecule has 0 saturated carbocycles. The van der Waals surface area contributed by atoms with E-state index in [2.05, 4.69) is 5.32 Å². The van der Waals surface area contributed by atoms with Gasteiger partial charge in [0.15, 0.2) is 18.1 Å². The zero-order valence-corrected chi connectivity index (χ0v) is 18.1. The van der Waals surface area contributed by atoms with Gasteiger partial charge in [-0.05, 0) is 72.3 Å². The summed E-state index contributed by atoms with van der Waals surface area (Å²) >= 11 is 2.03. The van der Waals surface area contributed by atoms with Crippen molar-refractivity contribution in [2.24, 2.45) is 5.73 Å². The molecule has 0 radical (unpaired) electrons. The second-order valence-corrected chi connectivity index (χ2v) is 7.17. The van der Waals surface area contributed by atoms with Crippen molar-refractivity contribution in [2.75, 3.05) is 18.5 Å². The van der Waals surface area contributed by atoms with Gasteiger partial charge in [0.25, 0.3) is 11.8 Å². The molecular weight excluding hydrogens is 485 g/mol. The van der Waals surface area contributed by atoms with Crippen molar-refractivity contribution in [1.29, 1.82) is 5.26 Å². The van der Waals surface area contributed by atoms with Crippen LogP contribution in [0.15, 0.2) is 42.0 Å². The van der Waals surface area contributed by atoms with E-state index in [9.17, 15) is 14.9 Å². The predicted octanol–water partition coefficient (Wildman–Crippen LogP) is 3.41. The summed E-state index contributed by atoms with van der Waals surface area (Å²) in [6.45, 7) is 3.84. The topological polar surface area (TPSA) is 114 Å². The molecule has 8 heteroatoms. The number of nitrogens with one attached hydrogen (secondary N) is 1. The standard InChI is InChI=1S/C21H20IN3O4/c1-3-28-18-10-14(9-17(22)20(18)29-12-19(24)26)8-15(11-23)21(27)25-16-6-4-13(2)5-7-16/h4-10H,3,12H2,1-2H3,(H2,24,26)(H,25,27)/b15-8+. The fourth-order valence-electron chi connectivity index (χ4n) is 2.37. The van der Waals surface area contributed by atoms with Crippen LogP contribution in [0.25, 0.3) is 6.08 Å². The minimum Gasteiger partial charge on any atom is -0.490 e.